The molecule has 1 saturated carbocycles. The van der Waals surface area contributed by atoms with Gasteiger partial charge in [0.15, 0.2) is 0 Å². The Morgan fingerprint density at radius 1 is 1.37 bits per heavy atom. The van der Waals surface area contributed by atoms with E-state index in [4.69, 9.17) is 0 Å². The Morgan fingerprint density at radius 2 is 2.11 bits per heavy atom. The van der Waals surface area contributed by atoms with E-state index in [0.717, 1.165) is 43.7 Å². The highest BCUT2D eigenvalue weighted by Crippen LogP contribution is 2.34. The van der Waals surface area contributed by atoms with E-state index < -0.39 is 0 Å². The second-order valence-corrected chi connectivity index (χ2v) is 5.53. The summed E-state index contributed by atoms with van der Waals surface area (Å²) in [7, 11) is 0. The third-order valence-corrected chi connectivity index (χ3v) is 3.47. The number of pyridine rings is 1. The lowest BCUT2D eigenvalue weighted by Crippen LogP contribution is -2.34. The number of carbonyl (C=O) groups is 1. The molecular formula is C15H23N3O. The molecule has 0 aromatic carbocycles. The number of nitrogens with one attached hydrogen (secondary N) is 2. The van der Waals surface area contributed by atoms with Crippen LogP contribution in [0.25, 0.3) is 0 Å². The van der Waals surface area contributed by atoms with Gasteiger partial charge in [0.05, 0.1) is 0 Å². The lowest BCUT2D eigenvalue weighted by molar-refractivity contribution is 0.0935. The number of aryl methyl sites for hydroxylation is 1. The van der Waals surface area contributed by atoms with Crippen molar-refractivity contribution in [3.05, 3.63) is 23.4 Å². The molecule has 2 rings (SSSR count). The van der Waals surface area contributed by atoms with Crippen LogP contribution in [-0.4, -0.2) is 23.0 Å². The maximum atomic E-state index is 12.2. The monoisotopic (exact) mass is 261 g/mol. The largest absolute Gasteiger partial charge is 0.370 e. The van der Waals surface area contributed by atoms with E-state index in [2.05, 4.69) is 36.4 Å². The Morgan fingerprint density at radius 3 is 2.68 bits per heavy atom. The molecule has 1 aliphatic rings. The zero-order valence-corrected chi connectivity index (χ0v) is 12.0. The molecule has 1 aliphatic carbocycles. The molecule has 1 heterocycles. The molecule has 0 spiro atoms. The minimum absolute atomic E-state index is 0.0108. The average Bonchev–Trinajstić information content (AvgIpc) is 3.13. The summed E-state index contributed by atoms with van der Waals surface area (Å²) in [5.74, 6) is 0.809. The quantitative estimate of drug-likeness (QED) is 0.828. The summed E-state index contributed by atoms with van der Waals surface area (Å²) in [6.45, 7) is 7.12. The Balaban J connectivity index is 2.15. The predicted octanol–water partition coefficient (Wildman–Crippen LogP) is 2.75. The molecular weight excluding hydrogens is 238 g/mol. The van der Waals surface area contributed by atoms with Crippen molar-refractivity contribution in [3.8, 4) is 0 Å². The maximum absolute atomic E-state index is 12.2. The Kier molecular flexibility index (Phi) is 4.08. The van der Waals surface area contributed by atoms with Crippen LogP contribution in [0.2, 0.25) is 0 Å². The lowest BCUT2D eigenvalue weighted by Gasteiger charge is -2.13. The Labute approximate surface area is 115 Å². The number of rotatable bonds is 6. The lowest BCUT2D eigenvalue weighted by atomic mass is 10.1. The van der Waals surface area contributed by atoms with Crippen molar-refractivity contribution in [3.63, 3.8) is 0 Å². The topological polar surface area (TPSA) is 54.0 Å². The SMILES string of the molecule is CCCNc1cc(C(=O)NC2(C)CC2)cc(CC)n1. The summed E-state index contributed by atoms with van der Waals surface area (Å²) in [5, 5.41) is 6.34. The van der Waals surface area contributed by atoms with Gasteiger partial charge in [-0.1, -0.05) is 13.8 Å². The summed E-state index contributed by atoms with van der Waals surface area (Å²) >= 11 is 0. The summed E-state index contributed by atoms with van der Waals surface area (Å²) in [5.41, 5.74) is 1.68. The first-order chi connectivity index (χ1) is 9.06. The fourth-order valence-corrected chi connectivity index (χ4v) is 1.90. The summed E-state index contributed by atoms with van der Waals surface area (Å²) in [4.78, 5) is 16.7. The minimum atomic E-state index is 0.0108. The highest BCUT2D eigenvalue weighted by molar-refractivity contribution is 5.95. The Bertz CT molecular complexity index is 466. The number of amides is 1. The number of hydrogen-bond donors (Lipinski definition) is 2. The van der Waals surface area contributed by atoms with Gasteiger partial charge < -0.3 is 10.6 Å². The third kappa shape index (κ3) is 3.69. The fourth-order valence-electron chi connectivity index (χ4n) is 1.90. The van der Waals surface area contributed by atoms with Gasteiger partial charge in [-0.05, 0) is 44.7 Å². The average molecular weight is 261 g/mol. The first-order valence-corrected chi connectivity index (χ1v) is 7.13. The summed E-state index contributed by atoms with van der Waals surface area (Å²) in [6, 6.07) is 3.73. The van der Waals surface area contributed by atoms with Gasteiger partial charge in [0.25, 0.3) is 5.91 Å². The van der Waals surface area contributed by atoms with Crippen molar-refractivity contribution < 1.29 is 4.79 Å². The van der Waals surface area contributed by atoms with Crippen LogP contribution < -0.4 is 10.6 Å². The molecule has 1 fully saturated rings. The highest BCUT2D eigenvalue weighted by atomic mass is 16.1. The molecule has 0 saturated heterocycles. The van der Waals surface area contributed by atoms with Crippen LogP contribution in [0.15, 0.2) is 12.1 Å². The van der Waals surface area contributed by atoms with E-state index in [-0.39, 0.29) is 11.4 Å². The predicted molar refractivity (Wildman–Crippen MR) is 77.5 cm³/mol. The van der Waals surface area contributed by atoms with Crippen molar-refractivity contribution in [1.82, 2.24) is 10.3 Å². The molecule has 4 nitrogen and oxygen atoms in total. The molecule has 0 bridgehead atoms. The van der Waals surface area contributed by atoms with Crippen LogP contribution in [0.3, 0.4) is 0 Å². The van der Waals surface area contributed by atoms with E-state index in [0.29, 0.717) is 5.56 Å². The first-order valence-electron chi connectivity index (χ1n) is 7.13. The van der Waals surface area contributed by atoms with Crippen molar-refractivity contribution >= 4 is 11.7 Å². The van der Waals surface area contributed by atoms with Gasteiger partial charge in [-0.25, -0.2) is 4.98 Å². The maximum Gasteiger partial charge on any atom is 0.251 e. The molecule has 1 aromatic heterocycles. The van der Waals surface area contributed by atoms with E-state index in [1.165, 1.54) is 0 Å². The number of nitrogens with zero attached hydrogens (tertiary/aromatic N) is 1. The third-order valence-electron chi connectivity index (χ3n) is 3.47. The first kappa shape index (κ1) is 13.8. The fraction of sp³-hybridized carbons (Fsp3) is 0.600. The van der Waals surface area contributed by atoms with Gasteiger partial charge in [-0.2, -0.15) is 0 Å². The van der Waals surface area contributed by atoms with Crippen molar-refractivity contribution in [1.29, 1.82) is 0 Å². The van der Waals surface area contributed by atoms with Crippen LogP contribution in [0.4, 0.5) is 5.82 Å². The second kappa shape index (κ2) is 5.59. The van der Waals surface area contributed by atoms with Crippen molar-refractivity contribution in [2.75, 3.05) is 11.9 Å². The standard InChI is InChI=1S/C15H23N3O/c1-4-8-16-13-10-11(9-12(5-2)17-13)14(19)18-15(3)6-7-15/h9-10H,4-8H2,1-3H3,(H,16,17)(H,18,19). The van der Waals surface area contributed by atoms with Gasteiger partial charge in [0.2, 0.25) is 0 Å². The van der Waals surface area contributed by atoms with Gasteiger partial charge in [0.1, 0.15) is 5.82 Å². The van der Waals surface area contributed by atoms with Gasteiger partial charge in [0, 0.05) is 23.3 Å². The summed E-state index contributed by atoms with van der Waals surface area (Å²) in [6.07, 6.45) is 4.02. The van der Waals surface area contributed by atoms with Gasteiger partial charge in [-0.15, -0.1) is 0 Å². The number of hydrogen-bond acceptors (Lipinski definition) is 3. The number of aromatic nitrogens is 1. The van der Waals surface area contributed by atoms with Crippen LogP contribution in [0.1, 0.15) is 56.1 Å². The van der Waals surface area contributed by atoms with Crippen LogP contribution in [-0.2, 0) is 6.42 Å². The van der Waals surface area contributed by atoms with Gasteiger partial charge >= 0.3 is 0 Å². The number of carbonyl (C=O) groups excluding carboxylic acids is 1. The van der Waals surface area contributed by atoms with E-state index in [9.17, 15) is 4.79 Å². The molecule has 0 radical (unpaired) electrons. The molecule has 2 N–H and O–H groups in total. The minimum Gasteiger partial charge on any atom is -0.370 e. The zero-order valence-electron chi connectivity index (χ0n) is 12.0. The molecule has 4 heteroatoms. The molecule has 0 aliphatic heterocycles. The Hall–Kier alpha value is -1.58. The molecule has 104 valence electrons. The van der Waals surface area contributed by atoms with Crippen LogP contribution in [0, 0.1) is 0 Å². The van der Waals surface area contributed by atoms with Crippen molar-refractivity contribution in [2.24, 2.45) is 0 Å². The number of anilines is 1. The zero-order chi connectivity index (χ0) is 13.9. The molecule has 19 heavy (non-hydrogen) atoms. The second-order valence-electron chi connectivity index (χ2n) is 5.53. The van der Waals surface area contributed by atoms with E-state index in [1.54, 1.807) is 0 Å². The van der Waals surface area contributed by atoms with Crippen molar-refractivity contribution in [2.45, 2.75) is 52.0 Å². The molecule has 1 amide bonds. The van der Waals surface area contributed by atoms with E-state index >= 15 is 0 Å². The van der Waals surface area contributed by atoms with Crippen LogP contribution in [0.5, 0.6) is 0 Å². The normalized spacial score (nSPS) is 15.9. The van der Waals surface area contributed by atoms with Gasteiger partial charge in [-0.3, -0.25) is 4.79 Å². The van der Waals surface area contributed by atoms with E-state index in [1.807, 2.05) is 12.1 Å². The molecule has 0 atom stereocenters. The molecule has 0 unspecified atom stereocenters. The summed E-state index contributed by atoms with van der Waals surface area (Å²) < 4.78 is 0. The highest BCUT2D eigenvalue weighted by Gasteiger charge is 2.38. The smallest absolute Gasteiger partial charge is 0.251 e. The van der Waals surface area contributed by atoms with Crippen LogP contribution >= 0.6 is 0 Å². The molecule has 1 aromatic rings.